The molecule has 3 N–H and O–H groups in total. The van der Waals surface area contributed by atoms with Crippen molar-refractivity contribution in [1.82, 2.24) is 5.32 Å². The van der Waals surface area contributed by atoms with E-state index in [1.807, 2.05) is 0 Å². The number of amides is 1. The van der Waals surface area contributed by atoms with Crippen molar-refractivity contribution in [2.75, 3.05) is 26.4 Å². The fourth-order valence-electron chi connectivity index (χ4n) is 2.53. The van der Waals surface area contributed by atoms with Gasteiger partial charge in [-0.1, -0.05) is 17.9 Å². The zero-order chi connectivity index (χ0) is 17.6. The van der Waals surface area contributed by atoms with Crippen LogP contribution in [0.15, 0.2) is 24.3 Å². The Hall–Kier alpha value is -1.87. The lowest BCUT2D eigenvalue weighted by atomic mass is 9.81. The monoisotopic (exact) mass is 331 g/mol. The first-order valence-corrected chi connectivity index (χ1v) is 8.16. The van der Waals surface area contributed by atoms with Crippen LogP contribution in [0.3, 0.4) is 0 Å². The number of nitrogens with one attached hydrogen (secondary N) is 1. The van der Waals surface area contributed by atoms with E-state index in [0.29, 0.717) is 30.9 Å². The van der Waals surface area contributed by atoms with Crippen molar-refractivity contribution in [3.05, 3.63) is 35.4 Å². The van der Waals surface area contributed by atoms with Gasteiger partial charge in [0, 0.05) is 36.3 Å². The highest BCUT2D eigenvalue weighted by molar-refractivity contribution is 5.94. The van der Waals surface area contributed by atoms with Crippen LogP contribution in [0.25, 0.3) is 0 Å². The first-order valence-electron chi connectivity index (χ1n) is 8.16. The summed E-state index contributed by atoms with van der Waals surface area (Å²) in [6, 6.07) is 6.98. The molecule has 0 spiro atoms. The molecule has 1 aliphatic rings. The molecule has 1 aromatic carbocycles. The Kier molecular flexibility index (Phi) is 6.00. The number of hydrogen-bond donors (Lipinski definition) is 3. The average molecular weight is 331 g/mol. The third kappa shape index (κ3) is 5.34. The second-order valence-corrected chi connectivity index (χ2v) is 6.84. The quantitative estimate of drug-likeness (QED) is 0.727. The van der Waals surface area contributed by atoms with Crippen molar-refractivity contribution in [1.29, 1.82) is 0 Å². The van der Waals surface area contributed by atoms with Crippen molar-refractivity contribution in [3.8, 4) is 11.8 Å². The van der Waals surface area contributed by atoms with Gasteiger partial charge >= 0.3 is 0 Å². The standard InChI is InChI=1S/C19H25NO4/c1-18(2,23)7-6-15-4-3-5-16(12-15)17(22)20-13-19(14-21)8-10-24-11-9-19/h3-5,12,21,23H,8-11,13-14H2,1-2H3,(H,20,22). The number of hydrogen-bond acceptors (Lipinski definition) is 4. The minimum absolute atomic E-state index is 0.0355. The van der Waals surface area contributed by atoms with Gasteiger partial charge in [0.2, 0.25) is 0 Å². The maximum atomic E-state index is 12.4. The number of aliphatic hydroxyl groups excluding tert-OH is 1. The van der Waals surface area contributed by atoms with Crippen LogP contribution in [0.5, 0.6) is 0 Å². The van der Waals surface area contributed by atoms with Crippen molar-refractivity contribution in [2.45, 2.75) is 32.3 Å². The molecule has 1 aliphatic heterocycles. The maximum absolute atomic E-state index is 12.4. The Morgan fingerprint density at radius 1 is 1.38 bits per heavy atom. The molecule has 5 nitrogen and oxygen atoms in total. The van der Waals surface area contributed by atoms with E-state index >= 15 is 0 Å². The molecule has 2 rings (SSSR count). The molecule has 0 atom stereocenters. The van der Waals surface area contributed by atoms with Crippen LogP contribution >= 0.6 is 0 Å². The Labute approximate surface area is 143 Å². The van der Waals surface area contributed by atoms with Crippen LogP contribution in [-0.4, -0.2) is 48.1 Å². The topological polar surface area (TPSA) is 78.8 Å². The van der Waals surface area contributed by atoms with Gasteiger partial charge in [-0.3, -0.25) is 4.79 Å². The van der Waals surface area contributed by atoms with Gasteiger partial charge in [0.05, 0.1) is 6.61 Å². The average Bonchev–Trinajstić information content (AvgIpc) is 2.58. The van der Waals surface area contributed by atoms with Crippen molar-refractivity contribution < 1.29 is 19.7 Å². The summed E-state index contributed by atoms with van der Waals surface area (Å²) in [4.78, 5) is 12.4. The zero-order valence-electron chi connectivity index (χ0n) is 14.3. The highest BCUT2D eigenvalue weighted by Crippen LogP contribution is 2.29. The predicted molar refractivity (Wildman–Crippen MR) is 91.5 cm³/mol. The molecule has 0 radical (unpaired) electrons. The van der Waals surface area contributed by atoms with Gasteiger partial charge in [0.25, 0.3) is 5.91 Å². The fourth-order valence-corrected chi connectivity index (χ4v) is 2.53. The minimum atomic E-state index is -1.07. The molecule has 0 saturated carbocycles. The highest BCUT2D eigenvalue weighted by atomic mass is 16.5. The molecule has 1 amide bonds. The number of ether oxygens (including phenoxy) is 1. The van der Waals surface area contributed by atoms with E-state index in [9.17, 15) is 15.0 Å². The number of rotatable bonds is 4. The Morgan fingerprint density at radius 2 is 2.08 bits per heavy atom. The third-order valence-electron chi connectivity index (χ3n) is 4.15. The molecule has 1 saturated heterocycles. The summed E-state index contributed by atoms with van der Waals surface area (Å²) in [7, 11) is 0. The molecular weight excluding hydrogens is 306 g/mol. The highest BCUT2D eigenvalue weighted by Gasteiger charge is 2.32. The molecule has 5 heteroatoms. The summed E-state index contributed by atoms with van der Waals surface area (Å²) in [5.41, 5.74) is -0.188. The van der Waals surface area contributed by atoms with Gasteiger partial charge in [0.1, 0.15) is 5.60 Å². The van der Waals surface area contributed by atoms with Crippen LogP contribution in [0.2, 0.25) is 0 Å². The summed E-state index contributed by atoms with van der Waals surface area (Å²) in [5.74, 6) is 5.40. The first kappa shape index (κ1) is 18.5. The fraction of sp³-hybridized carbons (Fsp3) is 0.526. The van der Waals surface area contributed by atoms with Gasteiger partial charge in [-0.05, 0) is 44.9 Å². The molecule has 1 fully saturated rings. The summed E-state index contributed by atoms with van der Waals surface area (Å²) in [5, 5.41) is 22.2. The van der Waals surface area contributed by atoms with Gasteiger partial charge in [0.15, 0.2) is 0 Å². The van der Waals surface area contributed by atoms with Crippen molar-refractivity contribution >= 4 is 5.91 Å². The van der Waals surface area contributed by atoms with E-state index in [1.54, 1.807) is 38.1 Å². The molecule has 130 valence electrons. The lowest BCUT2D eigenvalue weighted by Crippen LogP contribution is -2.43. The van der Waals surface area contributed by atoms with Gasteiger partial charge in [-0.15, -0.1) is 0 Å². The lowest BCUT2D eigenvalue weighted by molar-refractivity contribution is -0.0146. The van der Waals surface area contributed by atoms with E-state index in [-0.39, 0.29) is 17.9 Å². The summed E-state index contributed by atoms with van der Waals surface area (Å²) < 4.78 is 5.33. The Balaban J connectivity index is 2.03. The molecule has 0 aromatic heterocycles. The van der Waals surface area contributed by atoms with Gasteiger partial charge < -0.3 is 20.3 Å². The lowest BCUT2D eigenvalue weighted by Gasteiger charge is -2.35. The van der Waals surface area contributed by atoms with Crippen LogP contribution < -0.4 is 5.32 Å². The van der Waals surface area contributed by atoms with Gasteiger partial charge in [-0.2, -0.15) is 0 Å². The van der Waals surface area contributed by atoms with Crippen LogP contribution in [0.4, 0.5) is 0 Å². The first-order chi connectivity index (χ1) is 11.3. The Bertz CT molecular complexity index is 631. The van der Waals surface area contributed by atoms with Crippen LogP contribution in [0, 0.1) is 17.3 Å². The van der Waals surface area contributed by atoms with Crippen LogP contribution in [-0.2, 0) is 4.74 Å². The number of carbonyl (C=O) groups is 1. The van der Waals surface area contributed by atoms with Gasteiger partial charge in [-0.25, -0.2) is 0 Å². The zero-order valence-corrected chi connectivity index (χ0v) is 14.3. The molecule has 24 heavy (non-hydrogen) atoms. The summed E-state index contributed by atoms with van der Waals surface area (Å²) in [6.07, 6.45) is 1.47. The van der Waals surface area contributed by atoms with Crippen molar-refractivity contribution in [2.24, 2.45) is 5.41 Å². The minimum Gasteiger partial charge on any atom is -0.396 e. The molecule has 1 heterocycles. The number of benzene rings is 1. The van der Waals surface area contributed by atoms with E-state index < -0.39 is 5.60 Å². The number of aliphatic hydroxyl groups is 2. The molecular formula is C19H25NO4. The summed E-state index contributed by atoms with van der Waals surface area (Å²) in [6.45, 7) is 4.90. The SMILES string of the molecule is CC(C)(O)C#Cc1cccc(C(=O)NCC2(CO)CCOCC2)c1. The third-order valence-corrected chi connectivity index (χ3v) is 4.15. The second-order valence-electron chi connectivity index (χ2n) is 6.84. The predicted octanol–water partition coefficient (Wildman–Crippen LogP) is 1.33. The maximum Gasteiger partial charge on any atom is 0.251 e. The molecule has 1 aromatic rings. The second kappa shape index (κ2) is 7.80. The van der Waals surface area contributed by atoms with E-state index in [1.165, 1.54) is 0 Å². The molecule has 0 aliphatic carbocycles. The molecule has 0 bridgehead atoms. The van der Waals surface area contributed by atoms with E-state index in [2.05, 4.69) is 17.2 Å². The largest absolute Gasteiger partial charge is 0.396 e. The number of carbonyl (C=O) groups excluding carboxylic acids is 1. The summed E-state index contributed by atoms with van der Waals surface area (Å²) >= 11 is 0. The Morgan fingerprint density at radius 3 is 2.71 bits per heavy atom. The van der Waals surface area contributed by atoms with Crippen molar-refractivity contribution in [3.63, 3.8) is 0 Å². The van der Waals surface area contributed by atoms with E-state index in [4.69, 9.17) is 4.74 Å². The van der Waals surface area contributed by atoms with Crippen LogP contribution in [0.1, 0.15) is 42.6 Å². The molecule has 0 unspecified atom stereocenters. The normalized spacial score (nSPS) is 16.8. The van der Waals surface area contributed by atoms with E-state index in [0.717, 1.165) is 12.8 Å². The smallest absolute Gasteiger partial charge is 0.251 e.